The maximum Gasteiger partial charge on any atom is 0.146 e. The van der Waals surface area contributed by atoms with E-state index in [-0.39, 0.29) is 11.7 Å². The minimum atomic E-state index is -0.327. The summed E-state index contributed by atoms with van der Waals surface area (Å²) in [5.74, 6) is 0. The number of aldehydes is 1. The van der Waals surface area contributed by atoms with E-state index in [9.17, 15) is 4.79 Å². The Hall–Kier alpha value is -2.65. The van der Waals surface area contributed by atoms with Crippen molar-refractivity contribution in [2.24, 2.45) is 0 Å². The minimum absolute atomic E-state index is 0.239. The van der Waals surface area contributed by atoms with Crippen molar-refractivity contribution in [1.82, 2.24) is 4.90 Å². The second-order valence-corrected chi connectivity index (χ2v) is 9.69. The molecule has 3 heteroatoms. The maximum absolute atomic E-state index is 12.0. The van der Waals surface area contributed by atoms with Crippen molar-refractivity contribution in [2.45, 2.75) is 73.6 Å². The number of hydrogen-bond donors (Lipinski definition) is 0. The van der Waals surface area contributed by atoms with Crippen LogP contribution in [-0.4, -0.2) is 29.9 Å². The molecular weight excluding hydrogens is 394 g/mol. The zero-order valence-corrected chi connectivity index (χ0v) is 21.2. The van der Waals surface area contributed by atoms with E-state index in [1.807, 2.05) is 40.7 Å². The summed E-state index contributed by atoms with van der Waals surface area (Å²) in [5.41, 5.74) is 8.30. The van der Waals surface area contributed by atoms with Crippen LogP contribution in [0.25, 0.3) is 5.57 Å². The molecule has 0 fully saturated rings. The monoisotopic (exact) mass is 433 g/mol. The van der Waals surface area contributed by atoms with Crippen LogP contribution >= 0.6 is 0 Å². The van der Waals surface area contributed by atoms with E-state index < -0.39 is 0 Å². The quantitative estimate of drug-likeness (QED) is 0.258. The van der Waals surface area contributed by atoms with Gasteiger partial charge in [0.25, 0.3) is 0 Å². The Labute approximate surface area is 194 Å². The second-order valence-electron chi connectivity index (χ2n) is 9.69. The smallest absolute Gasteiger partial charge is 0.146 e. The lowest BCUT2D eigenvalue weighted by molar-refractivity contribution is -0.105. The van der Waals surface area contributed by atoms with Gasteiger partial charge in [-0.3, -0.25) is 4.79 Å². The predicted octanol–water partition coefficient (Wildman–Crippen LogP) is 6.89. The van der Waals surface area contributed by atoms with Crippen molar-refractivity contribution in [3.05, 3.63) is 87.6 Å². The van der Waals surface area contributed by atoms with Gasteiger partial charge in [0.1, 0.15) is 6.29 Å². The molecule has 0 bridgehead atoms. The fourth-order valence-electron chi connectivity index (χ4n) is 4.00. The highest BCUT2D eigenvalue weighted by atomic mass is 16.5. The fraction of sp³-hybridized carbons (Fsp3) is 0.414. The summed E-state index contributed by atoms with van der Waals surface area (Å²) in [6.07, 6.45) is 0.709. The molecule has 0 aliphatic carbocycles. The second kappa shape index (κ2) is 10.8. The number of aryl methyl sites for hydroxylation is 2. The SMILES string of the molecule is C/C(=C(/C(=C(/C)C=O)C(C)OC(C)(C)C)c1ccc(C)c(C)c1)N(C)Cc1ccccc1. The van der Waals surface area contributed by atoms with Crippen LogP contribution in [0.1, 0.15) is 63.8 Å². The Kier molecular flexibility index (Phi) is 8.63. The zero-order valence-electron chi connectivity index (χ0n) is 21.2. The molecule has 0 aliphatic rings. The van der Waals surface area contributed by atoms with Gasteiger partial charge in [-0.15, -0.1) is 0 Å². The third-order valence-corrected chi connectivity index (χ3v) is 5.80. The average Bonchev–Trinajstić information content (AvgIpc) is 2.72. The number of benzene rings is 2. The van der Waals surface area contributed by atoms with Crippen LogP contribution in [0, 0.1) is 13.8 Å². The first-order chi connectivity index (χ1) is 14.9. The number of ether oxygens (including phenoxy) is 1. The fourth-order valence-corrected chi connectivity index (χ4v) is 4.00. The molecule has 1 atom stereocenters. The molecule has 2 aromatic rings. The molecule has 2 rings (SSSR count). The third-order valence-electron chi connectivity index (χ3n) is 5.80. The molecule has 3 nitrogen and oxygen atoms in total. The lowest BCUT2D eigenvalue weighted by atomic mass is 9.87. The van der Waals surface area contributed by atoms with Crippen molar-refractivity contribution >= 4 is 11.9 Å². The first-order valence-electron chi connectivity index (χ1n) is 11.3. The molecule has 0 saturated heterocycles. The molecule has 0 heterocycles. The molecular formula is C29H39NO2. The van der Waals surface area contributed by atoms with Gasteiger partial charge in [-0.05, 0) is 88.8 Å². The lowest BCUT2D eigenvalue weighted by Crippen LogP contribution is -2.29. The average molecular weight is 434 g/mol. The van der Waals surface area contributed by atoms with Gasteiger partial charge < -0.3 is 9.64 Å². The first-order valence-corrected chi connectivity index (χ1v) is 11.3. The summed E-state index contributed by atoms with van der Waals surface area (Å²) < 4.78 is 6.36. The summed E-state index contributed by atoms with van der Waals surface area (Å²) in [6, 6.07) is 17.0. The summed E-state index contributed by atoms with van der Waals surface area (Å²) in [4.78, 5) is 14.3. The Balaban J connectivity index is 2.71. The number of allylic oxidation sites excluding steroid dienone is 2. The summed E-state index contributed by atoms with van der Waals surface area (Å²) >= 11 is 0. The molecule has 0 aromatic heterocycles. The highest BCUT2D eigenvalue weighted by Gasteiger charge is 2.26. The van der Waals surface area contributed by atoms with Crippen LogP contribution < -0.4 is 0 Å². The van der Waals surface area contributed by atoms with Gasteiger partial charge in [0, 0.05) is 24.9 Å². The van der Waals surface area contributed by atoms with Gasteiger partial charge in [-0.2, -0.15) is 0 Å². The van der Waals surface area contributed by atoms with E-state index in [1.54, 1.807) is 0 Å². The van der Waals surface area contributed by atoms with E-state index >= 15 is 0 Å². The van der Waals surface area contributed by atoms with Crippen molar-refractivity contribution in [3.63, 3.8) is 0 Å². The molecule has 0 N–H and O–H groups in total. The molecule has 2 aromatic carbocycles. The van der Waals surface area contributed by atoms with Gasteiger partial charge in [-0.25, -0.2) is 0 Å². The van der Waals surface area contributed by atoms with Crippen molar-refractivity contribution in [3.8, 4) is 0 Å². The topological polar surface area (TPSA) is 29.5 Å². The molecule has 0 aliphatic heterocycles. The molecule has 32 heavy (non-hydrogen) atoms. The van der Waals surface area contributed by atoms with Gasteiger partial charge >= 0.3 is 0 Å². The predicted molar refractivity (Wildman–Crippen MR) is 135 cm³/mol. The van der Waals surface area contributed by atoms with E-state index in [0.29, 0.717) is 5.57 Å². The van der Waals surface area contributed by atoms with Crippen LogP contribution in [-0.2, 0) is 16.1 Å². The first kappa shape index (κ1) is 25.6. The zero-order chi connectivity index (χ0) is 24.1. The Morgan fingerprint density at radius 1 is 1.03 bits per heavy atom. The largest absolute Gasteiger partial charge is 0.373 e. The van der Waals surface area contributed by atoms with Crippen LogP contribution in [0.3, 0.4) is 0 Å². The number of carbonyl (C=O) groups excluding carboxylic acids is 1. The molecule has 0 amide bonds. The molecule has 0 spiro atoms. The Bertz CT molecular complexity index is 994. The third kappa shape index (κ3) is 6.67. The highest BCUT2D eigenvalue weighted by molar-refractivity contribution is 5.89. The molecule has 1 unspecified atom stereocenters. The molecule has 0 saturated carbocycles. The normalized spacial score (nSPS) is 14.4. The molecule has 172 valence electrons. The van der Waals surface area contributed by atoms with E-state index in [2.05, 4.69) is 75.2 Å². The van der Waals surface area contributed by atoms with Crippen molar-refractivity contribution in [2.75, 3.05) is 7.05 Å². The lowest BCUT2D eigenvalue weighted by Gasteiger charge is -2.32. The van der Waals surface area contributed by atoms with Crippen LogP contribution in [0.2, 0.25) is 0 Å². The van der Waals surface area contributed by atoms with Crippen LogP contribution in [0.15, 0.2) is 65.4 Å². The number of nitrogens with zero attached hydrogens (tertiary/aromatic N) is 1. The van der Waals surface area contributed by atoms with E-state index in [4.69, 9.17) is 4.74 Å². The Morgan fingerprint density at radius 2 is 1.66 bits per heavy atom. The van der Waals surface area contributed by atoms with Crippen LogP contribution in [0.4, 0.5) is 0 Å². The van der Waals surface area contributed by atoms with Gasteiger partial charge in [0.15, 0.2) is 0 Å². The van der Waals surface area contributed by atoms with Crippen molar-refractivity contribution in [1.29, 1.82) is 0 Å². The summed E-state index contributed by atoms with van der Waals surface area (Å²) in [5, 5.41) is 0. The van der Waals surface area contributed by atoms with E-state index in [1.165, 1.54) is 16.7 Å². The van der Waals surface area contributed by atoms with Gasteiger partial charge in [0.2, 0.25) is 0 Å². The molecule has 0 radical (unpaired) electrons. The maximum atomic E-state index is 12.0. The number of hydrogen-bond acceptors (Lipinski definition) is 3. The van der Waals surface area contributed by atoms with Crippen LogP contribution in [0.5, 0.6) is 0 Å². The number of carbonyl (C=O) groups is 1. The summed E-state index contributed by atoms with van der Waals surface area (Å²) in [7, 11) is 2.10. The van der Waals surface area contributed by atoms with Crippen molar-refractivity contribution < 1.29 is 9.53 Å². The standard InChI is InChI=1S/C29H39NO2/c1-20-15-16-26(17-21(20)2)28(23(4)30(9)18-25-13-11-10-12-14-25)27(22(3)19-31)24(5)32-29(6,7)8/h10-17,19,24H,18H2,1-9H3/b27-22-,28-23-. The number of rotatable bonds is 8. The van der Waals surface area contributed by atoms with Gasteiger partial charge in [0.05, 0.1) is 11.7 Å². The Morgan fingerprint density at radius 3 is 2.19 bits per heavy atom. The summed E-state index contributed by atoms with van der Waals surface area (Å²) in [6.45, 7) is 17.2. The minimum Gasteiger partial charge on any atom is -0.373 e. The highest BCUT2D eigenvalue weighted by Crippen LogP contribution is 2.35. The van der Waals surface area contributed by atoms with E-state index in [0.717, 1.165) is 35.2 Å². The van der Waals surface area contributed by atoms with Gasteiger partial charge in [-0.1, -0.05) is 48.5 Å².